The Morgan fingerprint density at radius 2 is 1.76 bits per heavy atom. The van der Waals surface area contributed by atoms with Crippen LogP contribution in [0.15, 0.2) is 82.8 Å². The summed E-state index contributed by atoms with van der Waals surface area (Å²) in [7, 11) is -3.60. The number of hydrogen-bond acceptors (Lipinski definition) is 5. The molecule has 0 saturated heterocycles. The van der Waals surface area contributed by atoms with Gasteiger partial charge in [-0.3, -0.25) is 10.2 Å². The lowest BCUT2D eigenvalue weighted by Gasteiger charge is -2.26. The molecule has 0 spiro atoms. The van der Waals surface area contributed by atoms with Crippen molar-refractivity contribution in [3.63, 3.8) is 0 Å². The number of sulfonamides is 1. The monoisotopic (exact) mass is 554 g/mol. The molecule has 4 rings (SSSR count). The standard InChI is InChI=1S/C24H19ClF4N4O3S/c1-36-33(37(34,35)20-11-7-17(8-12-20)24(27,28)29)23(30)32-14-21(16-3-2-4-19(26)13-16)22(31-32)15-5-9-18(25)10-6-15/h2-13,21,30H,14H2,1H3. The Morgan fingerprint density at radius 3 is 2.32 bits per heavy atom. The molecular formula is C24H19ClF4N4O3S. The number of nitrogens with zero attached hydrogens (tertiary/aromatic N) is 3. The van der Waals surface area contributed by atoms with E-state index in [0.717, 1.165) is 24.3 Å². The van der Waals surface area contributed by atoms with Crippen molar-refractivity contribution >= 4 is 33.3 Å². The van der Waals surface area contributed by atoms with Crippen LogP contribution < -0.4 is 0 Å². The van der Waals surface area contributed by atoms with Gasteiger partial charge in [0.25, 0.3) is 16.0 Å². The summed E-state index contributed by atoms with van der Waals surface area (Å²) >= 11 is 5.99. The van der Waals surface area contributed by atoms with Gasteiger partial charge in [0.1, 0.15) is 5.82 Å². The molecule has 0 amide bonds. The van der Waals surface area contributed by atoms with Crippen LogP contribution >= 0.6 is 11.6 Å². The summed E-state index contributed by atoms with van der Waals surface area (Å²) in [5, 5.41) is 14.5. The maximum absolute atomic E-state index is 14.0. The third kappa shape index (κ3) is 5.45. The highest BCUT2D eigenvalue weighted by atomic mass is 35.5. The highest BCUT2D eigenvalue weighted by Gasteiger charge is 2.38. The minimum atomic E-state index is -4.65. The van der Waals surface area contributed by atoms with Gasteiger partial charge in [-0.1, -0.05) is 35.9 Å². The maximum Gasteiger partial charge on any atom is 0.416 e. The molecule has 13 heteroatoms. The first-order valence-corrected chi connectivity index (χ1v) is 12.5. The molecule has 0 saturated carbocycles. The van der Waals surface area contributed by atoms with E-state index in [-0.39, 0.29) is 11.0 Å². The minimum Gasteiger partial charge on any atom is -0.265 e. The molecule has 1 aliphatic rings. The zero-order chi connectivity index (χ0) is 27.0. The van der Waals surface area contributed by atoms with Crippen LogP contribution in [0, 0.1) is 11.2 Å². The predicted octanol–water partition coefficient (Wildman–Crippen LogP) is 5.49. The van der Waals surface area contributed by atoms with Crippen LogP contribution in [0.3, 0.4) is 0 Å². The zero-order valence-corrected chi connectivity index (χ0v) is 20.6. The Bertz CT molecular complexity index is 1450. The van der Waals surface area contributed by atoms with Crippen LogP contribution in [0.25, 0.3) is 0 Å². The van der Waals surface area contributed by atoms with Crippen molar-refractivity contribution in [2.45, 2.75) is 17.0 Å². The summed E-state index contributed by atoms with van der Waals surface area (Å²) in [4.78, 5) is 4.45. The summed E-state index contributed by atoms with van der Waals surface area (Å²) in [6.07, 6.45) is -4.65. The first-order chi connectivity index (χ1) is 17.4. The van der Waals surface area contributed by atoms with Crippen LogP contribution in [-0.2, 0) is 21.0 Å². The lowest BCUT2D eigenvalue weighted by molar-refractivity contribution is -0.137. The minimum absolute atomic E-state index is 0.0390. The molecule has 37 heavy (non-hydrogen) atoms. The Kier molecular flexibility index (Phi) is 7.27. The lowest BCUT2D eigenvalue weighted by atomic mass is 9.90. The third-order valence-corrected chi connectivity index (χ3v) is 7.46. The van der Waals surface area contributed by atoms with Crippen LogP contribution in [0.4, 0.5) is 17.6 Å². The Labute approximate surface area is 215 Å². The van der Waals surface area contributed by atoms with E-state index in [1.165, 1.54) is 18.2 Å². The summed E-state index contributed by atoms with van der Waals surface area (Å²) in [6.45, 7) is -0.0390. The lowest BCUT2D eigenvalue weighted by Crippen LogP contribution is -2.43. The molecule has 0 fully saturated rings. The Hall–Kier alpha value is -3.48. The molecule has 7 nitrogen and oxygen atoms in total. The van der Waals surface area contributed by atoms with E-state index in [1.54, 1.807) is 30.3 Å². The van der Waals surface area contributed by atoms with Gasteiger partial charge in [-0.2, -0.15) is 26.7 Å². The largest absolute Gasteiger partial charge is 0.416 e. The highest BCUT2D eigenvalue weighted by molar-refractivity contribution is 7.89. The fraction of sp³-hybridized carbons (Fsp3) is 0.167. The van der Waals surface area contributed by atoms with E-state index in [4.69, 9.17) is 21.8 Å². The second-order valence-corrected chi connectivity index (χ2v) is 10.1. The Morgan fingerprint density at radius 1 is 1.11 bits per heavy atom. The average molecular weight is 555 g/mol. The van der Waals surface area contributed by atoms with Gasteiger partial charge in [-0.25, -0.2) is 9.40 Å². The molecule has 0 aromatic heterocycles. The molecule has 0 bridgehead atoms. The fourth-order valence-corrected chi connectivity index (χ4v) is 5.12. The number of hydroxylamine groups is 1. The van der Waals surface area contributed by atoms with E-state index >= 15 is 0 Å². The normalized spacial score (nSPS) is 16.0. The summed E-state index contributed by atoms with van der Waals surface area (Å²) in [5.74, 6) is -1.75. The number of nitrogens with one attached hydrogen (secondary N) is 1. The van der Waals surface area contributed by atoms with Gasteiger partial charge in [0.15, 0.2) is 0 Å². The SMILES string of the molecule is CON(C(=N)N1CC(c2cccc(F)c2)C(c2ccc(Cl)cc2)=N1)S(=O)(=O)c1ccc(C(F)(F)F)cc1. The second kappa shape index (κ2) is 10.1. The zero-order valence-electron chi connectivity index (χ0n) is 19.1. The summed E-state index contributed by atoms with van der Waals surface area (Å²) in [6, 6.07) is 15.2. The molecule has 3 aromatic carbocycles. The van der Waals surface area contributed by atoms with Gasteiger partial charge in [0, 0.05) is 10.9 Å². The van der Waals surface area contributed by atoms with Gasteiger partial charge < -0.3 is 0 Å². The molecule has 1 aliphatic heterocycles. The van der Waals surface area contributed by atoms with Gasteiger partial charge in [-0.15, -0.1) is 4.47 Å². The van der Waals surface area contributed by atoms with E-state index in [9.17, 15) is 26.0 Å². The number of hydrazone groups is 1. The van der Waals surface area contributed by atoms with Crippen molar-refractivity contribution in [2.75, 3.05) is 13.7 Å². The smallest absolute Gasteiger partial charge is 0.265 e. The quantitative estimate of drug-likeness (QED) is 0.196. The molecule has 1 heterocycles. The second-order valence-electron chi connectivity index (χ2n) is 7.94. The average Bonchev–Trinajstić information content (AvgIpc) is 3.30. The molecule has 194 valence electrons. The molecular weight excluding hydrogens is 536 g/mol. The molecule has 1 atom stereocenters. The molecule has 3 aromatic rings. The van der Waals surface area contributed by atoms with Crippen LogP contribution in [0.2, 0.25) is 5.02 Å². The number of hydrogen-bond donors (Lipinski definition) is 1. The summed E-state index contributed by atoms with van der Waals surface area (Å²) < 4.78 is 79.3. The van der Waals surface area contributed by atoms with Crippen molar-refractivity contribution in [1.82, 2.24) is 9.48 Å². The van der Waals surface area contributed by atoms with Crippen molar-refractivity contribution < 1.29 is 30.8 Å². The fourth-order valence-electron chi connectivity index (χ4n) is 3.80. The van der Waals surface area contributed by atoms with Crippen molar-refractivity contribution in [1.29, 1.82) is 5.41 Å². The Balaban J connectivity index is 1.69. The maximum atomic E-state index is 14.0. The summed E-state index contributed by atoms with van der Waals surface area (Å²) in [5.41, 5.74) is 0.553. The van der Waals surface area contributed by atoms with E-state index in [0.29, 0.717) is 34.0 Å². The van der Waals surface area contributed by atoms with Crippen molar-refractivity contribution in [3.8, 4) is 0 Å². The number of alkyl halides is 3. The number of guanidine groups is 1. The van der Waals surface area contributed by atoms with Crippen LogP contribution in [0.1, 0.15) is 22.6 Å². The van der Waals surface area contributed by atoms with Crippen molar-refractivity contribution in [3.05, 3.63) is 100 Å². The van der Waals surface area contributed by atoms with Gasteiger partial charge in [0.05, 0.1) is 29.8 Å². The van der Waals surface area contributed by atoms with Crippen LogP contribution in [-0.4, -0.2) is 43.2 Å². The van der Waals surface area contributed by atoms with Crippen LogP contribution in [0.5, 0.6) is 0 Å². The first kappa shape index (κ1) is 26.6. The van der Waals surface area contributed by atoms with E-state index in [1.807, 2.05) is 0 Å². The van der Waals surface area contributed by atoms with Gasteiger partial charge >= 0.3 is 6.18 Å². The first-order valence-electron chi connectivity index (χ1n) is 10.6. The highest BCUT2D eigenvalue weighted by Crippen LogP contribution is 2.32. The molecule has 1 N–H and O–H groups in total. The topological polar surface area (TPSA) is 86.1 Å². The molecule has 0 aliphatic carbocycles. The number of rotatable bonds is 5. The number of halogens is 5. The van der Waals surface area contributed by atoms with Gasteiger partial charge in [0.2, 0.25) is 0 Å². The predicted molar refractivity (Wildman–Crippen MR) is 129 cm³/mol. The third-order valence-electron chi connectivity index (χ3n) is 5.59. The molecule has 0 radical (unpaired) electrons. The number of benzene rings is 3. The molecule has 1 unspecified atom stereocenters. The van der Waals surface area contributed by atoms with Gasteiger partial charge in [-0.05, 0) is 59.7 Å². The van der Waals surface area contributed by atoms with Crippen molar-refractivity contribution in [2.24, 2.45) is 5.10 Å². The van der Waals surface area contributed by atoms with E-state index in [2.05, 4.69) is 5.10 Å². The van der Waals surface area contributed by atoms with E-state index < -0.39 is 44.4 Å².